The average Bonchev–Trinajstić information content (AvgIpc) is 3.23. The van der Waals surface area contributed by atoms with Crippen LogP contribution in [0.15, 0.2) is 36.8 Å². The van der Waals surface area contributed by atoms with Gasteiger partial charge in [0.1, 0.15) is 17.1 Å². The molecule has 0 bridgehead atoms. The van der Waals surface area contributed by atoms with E-state index in [1.165, 1.54) is 56.4 Å². The minimum Gasteiger partial charge on any atom is -0.476 e. The molecule has 5 rings (SSSR count). The number of fused-ring (bicyclic) bond motifs is 2. The molecule has 11 nitrogen and oxygen atoms in total. The molecule has 1 aliphatic rings. The van der Waals surface area contributed by atoms with Crippen molar-refractivity contribution in [2.75, 3.05) is 11.5 Å². The molecule has 1 aromatic carbocycles. The summed E-state index contributed by atoms with van der Waals surface area (Å²) in [6.07, 6.45) is 3.31. The summed E-state index contributed by atoms with van der Waals surface area (Å²) in [4.78, 5) is 40.2. The normalized spacial score (nSPS) is 15.9. The van der Waals surface area contributed by atoms with Gasteiger partial charge >= 0.3 is 0 Å². The van der Waals surface area contributed by atoms with Gasteiger partial charge in [-0.25, -0.2) is 23.7 Å². The average molecular weight is 581 g/mol. The quantitative estimate of drug-likeness (QED) is 0.303. The minimum atomic E-state index is -1.27. The molecular formula is C29H30F2N6O5. The van der Waals surface area contributed by atoms with Crippen molar-refractivity contribution in [3.05, 3.63) is 71.2 Å². The number of carbonyl (C=O) groups excluding carboxylic acids is 2. The zero-order valence-electron chi connectivity index (χ0n) is 23.6. The van der Waals surface area contributed by atoms with Crippen LogP contribution in [0.25, 0.3) is 16.8 Å². The van der Waals surface area contributed by atoms with Crippen LogP contribution in [0.2, 0.25) is 0 Å². The lowest BCUT2D eigenvalue weighted by atomic mass is 10.1. The number of anilines is 1. The second-order valence-electron chi connectivity index (χ2n) is 10.8. The van der Waals surface area contributed by atoms with E-state index in [4.69, 9.17) is 4.74 Å². The summed E-state index contributed by atoms with van der Waals surface area (Å²) < 4.78 is 37.6. The number of aryl methyl sites for hydroxylation is 1. The standard InChI is InChI=1S/C29H30F2N6O5/c1-14(13-38)34-26(39)17-6-21(31)25-22(7-17)37(27(40)16(3)42-25)12-23-15(2)35-24-8-20(30)19(11-36(23)24)18-9-32-28(33-10-18)29(4,5)41/h6-11,14,16,38,41H,12-13H2,1-5H3,(H,34,39). The number of aromatic nitrogens is 4. The molecule has 0 saturated heterocycles. The molecule has 1 aliphatic heterocycles. The summed E-state index contributed by atoms with van der Waals surface area (Å²) in [5.74, 6) is -2.52. The Bertz CT molecular complexity index is 1700. The number of ether oxygens (including phenoxy) is 1. The molecule has 0 aliphatic carbocycles. The van der Waals surface area contributed by atoms with E-state index in [-0.39, 0.29) is 47.2 Å². The molecule has 42 heavy (non-hydrogen) atoms. The maximum Gasteiger partial charge on any atom is 0.268 e. The lowest BCUT2D eigenvalue weighted by molar-refractivity contribution is -0.125. The number of hydrogen-bond acceptors (Lipinski definition) is 8. The van der Waals surface area contributed by atoms with Gasteiger partial charge in [0.05, 0.1) is 30.2 Å². The topological polar surface area (TPSA) is 142 Å². The molecule has 220 valence electrons. The fourth-order valence-electron chi connectivity index (χ4n) is 4.67. The molecule has 13 heteroatoms. The van der Waals surface area contributed by atoms with Crippen LogP contribution >= 0.6 is 0 Å². The number of rotatable bonds is 7. The third kappa shape index (κ3) is 5.28. The van der Waals surface area contributed by atoms with Crippen LogP contribution in [0.5, 0.6) is 5.75 Å². The Morgan fingerprint density at radius 2 is 1.88 bits per heavy atom. The van der Waals surface area contributed by atoms with Crippen molar-refractivity contribution in [3.63, 3.8) is 0 Å². The van der Waals surface area contributed by atoms with Crippen molar-refractivity contribution in [2.45, 2.75) is 58.9 Å². The SMILES string of the molecule is Cc1nc2cc(F)c(-c3cnc(C(C)(C)O)nc3)cn2c1CN1C(=O)C(C)Oc2c(F)cc(C(=O)NC(C)CO)cc21. The molecule has 0 saturated carbocycles. The minimum absolute atomic E-state index is 0.0483. The van der Waals surface area contributed by atoms with Gasteiger partial charge in [0.2, 0.25) is 0 Å². The van der Waals surface area contributed by atoms with E-state index < -0.39 is 41.2 Å². The molecule has 3 N–H and O–H groups in total. The monoisotopic (exact) mass is 580 g/mol. The molecule has 2 amide bonds. The lowest BCUT2D eigenvalue weighted by Gasteiger charge is -2.33. The first kappa shape index (κ1) is 29.0. The van der Waals surface area contributed by atoms with Gasteiger partial charge in [0, 0.05) is 47.4 Å². The number of halogens is 2. The molecule has 2 unspecified atom stereocenters. The predicted octanol–water partition coefficient (Wildman–Crippen LogP) is 3.03. The first-order valence-electron chi connectivity index (χ1n) is 13.2. The van der Waals surface area contributed by atoms with Gasteiger partial charge in [-0.2, -0.15) is 0 Å². The zero-order valence-corrected chi connectivity index (χ0v) is 23.6. The van der Waals surface area contributed by atoms with Gasteiger partial charge in [0.15, 0.2) is 23.5 Å². The maximum atomic E-state index is 15.2. The summed E-state index contributed by atoms with van der Waals surface area (Å²) in [6.45, 7) is 7.46. The van der Waals surface area contributed by atoms with E-state index in [1.54, 1.807) is 18.2 Å². The third-order valence-corrected chi connectivity index (χ3v) is 6.96. The van der Waals surface area contributed by atoms with Gasteiger partial charge in [-0.1, -0.05) is 0 Å². The fourth-order valence-corrected chi connectivity index (χ4v) is 4.67. The molecule has 0 fully saturated rings. The molecule has 0 spiro atoms. The zero-order chi connectivity index (χ0) is 30.5. The van der Waals surface area contributed by atoms with Gasteiger partial charge in [-0.15, -0.1) is 0 Å². The van der Waals surface area contributed by atoms with E-state index in [0.29, 0.717) is 17.0 Å². The highest BCUT2D eigenvalue weighted by Gasteiger charge is 2.35. The van der Waals surface area contributed by atoms with Gasteiger partial charge < -0.3 is 24.7 Å². The second-order valence-corrected chi connectivity index (χ2v) is 10.8. The molecule has 4 aromatic rings. The number of aliphatic hydroxyl groups excluding tert-OH is 1. The molecule has 2 atom stereocenters. The highest BCUT2D eigenvalue weighted by Crippen LogP contribution is 2.39. The highest BCUT2D eigenvalue weighted by atomic mass is 19.1. The van der Waals surface area contributed by atoms with Crippen LogP contribution in [0.4, 0.5) is 14.5 Å². The second kappa shape index (κ2) is 10.7. The Morgan fingerprint density at radius 1 is 1.19 bits per heavy atom. The lowest BCUT2D eigenvalue weighted by Crippen LogP contribution is -2.45. The number of amides is 2. The Balaban J connectivity index is 1.57. The molecule has 3 aromatic heterocycles. The van der Waals surface area contributed by atoms with Crippen molar-refractivity contribution in [1.29, 1.82) is 0 Å². The number of pyridine rings is 1. The number of carbonyl (C=O) groups is 2. The van der Waals surface area contributed by atoms with Crippen molar-refractivity contribution in [2.24, 2.45) is 0 Å². The van der Waals surface area contributed by atoms with Crippen LogP contribution in [0.3, 0.4) is 0 Å². The first-order valence-corrected chi connectivity index (χ1v) is 13.2. The van der Waals surface area contributed by atoms with E-state index >= 15 is 8.78 Å². The molecule has 4 heterocycles. The van der Waals surface area contributed by atoms with Gasteiger partial charge in [0.25, 0.3) is 11.8 Å². The molecule has 0 radical (unpaired) electrons. The summed E-state index contributed by atoms with van der Waals surface area (Å²) in [5.41, 5.74) is 0.528. The van der Waals surface area contributed by atoms with Crippen LogP contribution in [0.1, 0.15) is 55.3 Å². The fraction of sp³-hybridized carbons (Fsp3) is 0.345. The number of imidazole rings is 1. The first-order chi connectivity index (χ1) is 19.8. The van der Waals surface area contributed by atoms with E-state index in [2.05, 4.69) is 20.3 Å². The summed E-state index contributed by atoms with van der Waals surface area (Å²) in [6, 6.07) is 3.04. The van der Waals surface area contributed by atoms with Gasteiger partial charge in [-0.3, -0.25) is 14.5 Å². The van der Waals surface area contributed by atoms with Crippen molar-refractivity contribution in [1.82, 2.24) is 24.7 Å². The molecular weight excluding hydrogens is 550 g/mol. The number of nitrogens with zero attached hydrogens (tertiary/aromatic N) is 5. The smallest absolute Gasteiger partial charge is 0.268 e. The van der Waals surface area contributed by atoms with E-state index in [0.717, 1.165) is 6.07 Å². The van der Waals surface area contributed by atoms with Crippen LogP contribution in [0, 0.1) is 18.6 Å². The van der Waals surface area contributed by atoms with Crippen molar-refractivity contribution >= 4 is 23.1 Å². The maximum absolute atomic E-state index is 15.2. The summed E-state index contributed by atoms with van der Waals surface area (Å²) in [7, 11) is 0. The number of aliphatic hydroxyl groups is 2. The van der Waals surface area contributed by atoms with E-state index in [9.17, 15) is 19.8 Å². The van der Waals surface area contributed by atoms with E-state index in [1.807, 2.05) is 0 Å². The number of benzene rings is 1. The Labute approximate surface area is 239 Å². The Hall–Kier alpha value is -4.49. The van der Waals surface area contributed by atoms with Crippen LogP contribution in [-0.2, 0) is 16.9 Å². The van der Waals surface area contributed by atoms with Crippen molar-refractivity contribution < 1.29 is 33.3 Å². The van der Waals surface area contributed by atoms with Gasteiger partial charge in [-0.05, 0) is 46.8 Å². The number of hydrogen-bond donors (Lipinski definition) is 3. The number of nitrogens with one attached hydrogen (secondary N) is 1. The highest BCUT2D eigenvalue weighted by molar-refractivity contribution is 6.02. The van der Waals surface area contributed by atoms with Crippen molar-refractivity contribution in [3.8, 4) is 16.9 Å². The Morgan fingerprint density at radius 3 is 2.52 bits per heavy atom. The van der Waals surface area contributed by atoms with Crippen LogP contribution in [-0.4, -0.2) is 60.1 Å². The summed E-state index contributed by atoms with van der Waals surface area (Å²) in [5, 5.41) is 22.0. The largest absolute Gasteiger partial charge is 0.476 e. The van der Waals surface area contributed by atoms with Crippen LogP contribution < -0.4 is 15.0 Å². The Kier molecular flexibility index (Phi) is 7.41. The summed E-state index contributed by atoms with van der Waals surface area (Å²) >= 11 is 0. The third-order valence-electron chi connectivity index (χ3n) is 6.96. The predicted molar refractivity (Wildman–Crippen MR) is 148 cm³/mol.